The minimum Gasteiger partial charge on any atom is -0.484 e. The Bertz CT molecular complexity index is 392. The number of halogens is 2. The van der Waals surface area contributed by atoms with Gasteiger partial charge in [-0.25, -0.2) is 0 Å². The zero-order valence-electron chi connectivity index (χ0n) is 10.2. The summed E-state index contributed by atoms with van der Waals surface area (Å²) in [5.74, 6) is 0.234. The first-order chi connectivity index (χ1) is 8.51. The maximum Gasteiger partial charge on any atom is 0.258 e. The van der Waals surface area contributed by atoms with Gasteiger partial charge >= 0.3 is 0 Å². The quantitative estimate of drug-likeness (QED) is 0.876. The van der Waals surface area contributed by atoms with E-state index in [0.717, 1.165) is 0 Å². The van der Waals surface area contributed by atoms with Crippen molar-refractivity contribution in [3.05, 3.63) is 28.2 Å². The Labute approximate surface area is 116 Å². The maximum atomic E-state index is 11.5. The fourth-order valence-corrected chi connectivity index (χ4v) is 1.87. The summed E-state index contributed by atoms with van der Waals surface area (Å²) in [6.45, 7) is 2.21. The molecule has 0 aromatic heterocycles. The van der Waals surface area contributed by atoms with Crippen LogP contribution in [0.2, 0.25) is 10.0 Å². The molecule has 18 heavy (non-hydrogen) atoms. The maximum absolute atomic E-state index is 11.5. The van der Waals surface area contributed by atoms with Crippen molar-refractivity contribution in [1.82, 2.24) is 5.32 Å². The molecule has 0 unspecified atom stereocenters. The van der Waals surface area contributed by atoms with E-state index in [0.29, 0.717) is 22.4 Å². The third-order valence-corrected chi connectivity index (χ3v) is 2.47. The van der Waals surface area contributed by atoms with Crippen LogP contribution in [0, 0.1) is 0 Å². The number of benzene rings is 1. The number of hydrogen-bond acceptors (Lipinski definition) is 3. The summed E-state index contributed by atoms with van der Waals surface area (Å²) in [5, 5.41) is 3.65. The summed E-state index contributed by atoms with van der Waals surface area (Å²) >= 11 is 11.6. The highest BCUT2D eigenvalue weighted by atomic mass is 35.5. The summed E-state index contributed by atoms with van der Waals surface area (Å²) in [5.41, 5.74) is 0. The Hall–Kier alpha value is -0.970. The number of rotatable bonds is 6. The molecule has 6 heteroatoms. The van der Waals surface area contributed by atoms with E-state index in [1.165, 1.54) is 0 Å². The van der Waals surface area contributed by atoms with Gasteiger partial charge < -0.3 is 14.8 Å². The van der Waals surface area contributed by atoms with Gasteiger partial charge in [0.15, 0.2) is 6.61 Å². The SMILES string of the molecule is COC[C@@H](C)NC(=O)COc1cc(Cl)cc(Cl)c1. The second kappa shape index (κ2) is 7.46. The molecule has 0 saturated carbocycles. The lowest BCUT2D eigenvalue weighted by molar-refractivity contribution is -0.124. The molecule has 1 aromatic rings. The van der Waals surface area contributed by atoms with Crippen LogP contribution in [0.4, 0.5) is 0 Å². The van der Waals surface area contributed by atoms with E-state index in [1.54, 1.807) is 25.3 Å². The smallest absolute Gasteiger partial charge is 0.258 e. The average molecular weight is 292 g/mol. The highest BCUT2D eigenvalue weighted by Crippen LogP contribution is 2.23. The molecular weight excluding hydrogens is 277 g/mol. The summed E-state index contributed by atoms with van der Waals surface area (Å²) < 4.78 is 10.2. The van der Waals surface area contributed by atoms with Gasteiger partial charge in [-0.3, -0.25) is 4.79 Å². The van der Waals surface area contributed by atoms with Crippen molar-refractivity contribution in [3.63, 3.8) is 0 Å². The van der Waals surface area contributed by atoms with Crippen LogP contribution in [-0.2, 0) is 9.53 Å². The van der Waals surface area contributed by atoms with E-state index < -0.39 is 0 Å². The van der Waals surface area contributed by atoms with Crippen LogP contribution >= 0.6 is 23.2 Å². The van der Waals surface area contributed by atoms with Crippen LogP contribution in [0.5, 0.6) is 5.75 Å². The van der Waals surface area contributed by atoms with Crippen molar-refractivity contribution in [2.75, 3.05) is 20.3 Å². The number of nitrogens with one attached hydrogen (secondary N) is 1. The molecule has 1 atom stereocenters. The first-order valence-electron chi connectivity index (χ1n) is 5.38. The molecule has 0 saturated heterocycles. The number of amides is 1. The second-order valence-electron chi connectivity index (χ2n) is 3.82. The molecule has 0 fully saturated rings. The van der Waals surface area contributed by atoms with E-state index in [-0.39, 0.29) is 18.6 Å². The lowest BCUT2D eigenvalue weighted by Gasteiger charge is -2.13. The van der Waals surface area contributed by atoms with Gasteiger partial charge in [-0.15, -0.1) is 0 Å². The van der Waals surface area contributed by atoms with Crippen LogP contribution in [0.15, 0.2) is 18.2 Å². The summed E-state index contributed by atoms with van der Waals surface area (Å²) in [4.78, 5) is 11.5. The Morgan fingerprint density at radius 2 is 1.94 bits per heavy atom. The zero-order chi connectivity index (χ0) is 13.5. The largest absolute Gasteiger partial charge is 0.484 e. The predicted octanol–water partition coefficient (Wildman–Crippen LogP) is 2.52. The van der Waals surface area contributed by atoms with Crippen molar-refractivity contribution < 1.29 is 14.3 Å². The van der Waals surface area contributed by atoms with Crippen LogP contribution in [0.3, 0.4) is 0 Å². The molecular formula is C12H15Cl2NO3. The number of ether oxygens (including phenoxy) is 2. The molecule has 1 N–H and O–H groups in total. The first-order valence-corrected chi connectivity index (χ1v) is 6.14. The van der Waals surface area contributed by atoms with Crippen molar-refractivity contribution in [3.8, 4) is 5.75 Å². The number of carbonyl (C=O) groups excluding carboxylic acids is 1. The van der Waals surface area contributed by atoms with Crippen LogP contribution in [0.25, 0.3) is 0 Å². The Morgan fingerprint density at radius 3 is 2.50 bits per heavy atom. The molecule has 1 aromatic carbocycles. The monoisotopic (exact) mass is 291 g/mol. The highest BCUT2D eigenvalue weighted by molar-refractivity contribution is 6.34. The van der Waals surface area contributed by atoms with Crippen LogP contribution in [-0.4, -0.2) is 32.3 Å². The number of hydrogen-bond donors (Lipinski definition) is 1. The number of methoxy groups -OCH3 is 1. The van der Waals surface area contributed by atoms with Crippen LogP contribution in [0.1, 0.15) is 6.92 Å². The van der Waals surface area contributed by atoms with Crippen LogP contribution < -0.4 is 10.1 Å². The molecule has 100 valence electrons. The first kappa shape index (κ1) is 15.1. The molecule has 4 nitrogen and oxygen atoms in total. The Balaban J connectivity index is 2.42. The van der Waals surface area contributed by atoms with Crippen molar-refractivity contribution in [1.29, 1.82) is 0 Å². The second-order valence-corrected chi connectivity index (χ2v) is 4.69. The molecule has 0 aliphatic rings. The van der Waals surface area contributed by atoms with E-state index in [9.17, 15) is 4.79 Å². The van der Waals surface area contributed by atoms with Gasteiger partial charge in [-0.1, -0.05) is 23.2 Å². The highest BCUT2D eigenvalue weighted by Gasteiger charge is 2.08. The normalized spacial score (nSPS) is 12.0. The van der Waals surface area contributed by atoms with Gasteiger partial charge in [0, 0.05) is 23.2 Å². The van der Waals surface area contributed by atoms with Gasteiger partial charge in [0.25, 0.3) is 5.91 Å². The molecule has 0 aliphatic heterocycles. The minimum absolute atomic E-state index is 0.0611. The molecule has 1 amide bonds. The van der Waals surface area contributed by atoms with Gasteiger partial charge in [-0.05, 0) is 25.1 Å². The van der Waals surface area contributed by atoms with Gasteiger partial charge in [0.1, 0.15) is 5.75 Å². The van der Waals surface area contributed by atoms with Crippen molar-refractivity contribution in [2.45, 2.75) is 13.0 Å². The third-order valence-electron chi connectivity index (χ3n) is 2.03. The fourth-order valence-electron chi connectivity index (χ4n) is 1.37. The van der Waals surface area contributed by atoms with Crippen molar-refractivity contribution in [2.24, 2.45) is 0 Å². The standard InChI is InChI=1S/C12H15Cl2NO3/c1-8(6-17-2)15-12(16)7-18-11-4-9(13)3-10(14)5-11/h3-5,8H,6-7H2,1-2H3,(H,15,16)/t8-/m1/s1. The zero-order valence-corrected chi connectivity index (χ0v) is 11.7. The minimum atomic E-state index is -0.226. The van der Waals surface area contributed by atoms with Gasteiger partial charge in [-0.2, -0.15) is 0 Å². The average Bonchev–Trinajstić information content (AvgIpc) is 2.25. The van der Waals surface area contributed by atoms with Crippen molar-refractivity contribution >= 4 is 29.1 Å². The van der Waals surface area contributed by atoms with Gasteiger partial charge in [0.2, 0.25) is 0 Å². The van der Waals surface area contributed by atoms with E-state index in [4.69, 9.17) is 32.7 Å². The molecule has 0 radical (unpaired) electrons. The topological polar surface area (TPSA) is 47.6 Å². The Morgan fingerprint density at radius 1 is 1.33 bits per heavy atom. The third kappa shape index (κ3) is 5.58. The van der Waals surface area contributed by atoms with E-state index in [2.05, 4.69) is 5.32 Å². The predicted molar refractivity (Wildman–Crippen MR) is 71.4 cm³/mol. The fraction of sp³-hybridized carbons (Fsp3) is 0.417. The lowest BCUT2D eigenvalue weighted by atomic mass is 10.3. The van der Waals surface area contributed by atoms with Gasteiger partial charge in [0.05, 0.1) is 6.61 Å². The molecule has 0 spiro atoms. The Kier molecular flexibility index (Phi) is 6.25. The molecule has 0 bridgehead atoms. The van der Waals surface area contributed by atoms with E-state index >= 15 is 0 Å². The number of carbonyl (C=O) groups is 1. The van der Waals surface area contributed by atoms with E-state index in [1.807, 2.05) is 6.92 Å². The summed E-state index contributed by atoms with van der Waals surface area (Å²) in [7, 11) is 1.58. The molecule has 0 heterocycles. The summed E-state index contributed by atoms with van der Waals surface area (Å²) in [6.07, 6.45) is 0. The molecule has 1 rings (SSSR count). The summed E-state index contributed by atoms with van der Waals surface area (Å²) in [6, 6.07) is 4.73. The lowest BCUT2D eigenvalue weighted by Crippen LogP contribution is -2.38. The molecule has 0 aliphatic carbocycles.